The van der Waals surface area contributed by atoms with Gasteiger partial charge in [0.15, 0.2) is 11.4 Å². The van der Waals surface area contributed by atoms with Crippen LogP contribution >= 0.6 is 11.6 Å². The third kappa shape index (κ3) is 5.24. The molecule has 1 amide bonds. The number of amides is 1. The second kappa shape index (κ2) is 9.66. The van der Waals surface area contributed by atoms with Crippen molar-refractivity contribution in [3.8, 4) is 11.4 Å². The highest BCUT2D eigenvalue weighted by molar-refractivity contribution is 6.30. The van der Waals surface area contributed by atoms with Crippen molar-refractivity contribution in [2.24, 2.45) is 0 Å². The number of nitrogens with one attached hydrogen (secondary N) is 1. The monoisotopic (exact) mass is 440 g/mol. The smallest absolute Gasteiger partial charge is 0.299 e. The number of carbonyl (C=O) groups is 1. The number of nitrogens with zero attached hydrogens (tertiary/aromatic N) is 3. The first-order chi connectivity index (χ1) is 14.8. The van der Waals surface area contributed by atoms with Gasteiger partial charge in [0.1, 0.15) is 0 Å². The maximum atomic E-state index is 13.3. The molecule has 0 aliphatic carbocycles. The number of aromatic nitrogens is 2. The highest BCUT2D eigenvalue weighted by Crippen LogP contribution is 2.26. The van der Waals surface area contributed by atoms with E-state index in [0.29, 0.717) is 34.3 Å². The summed E-state index contributed by atoms with van der Waals surface area (Å²) in [5.74, 6) is 0.228. The summed E-state index contributed by atoms with van der Waals surface area (Å²) in [7, 11) is 1.74. The lowest BCUT2D eigenvalue weighted by Gasteiger charge is -2.17. The fourth-order valence-corrected chi connectivity index (χ4v) is 3.03. The van der Waals surface area contributed by atoms with E-state index in [1.807, 2.05) is 20.8 Å². The number of halogens is 1. The first kappa shape index (κ1) is 22.4. The zero-order valence-electron chi connectivity index (χ0n) is 17.9. The Morgan fingerprint density at radius 3 is 2.58 bits per heavy atom. The molecule has 0 atom stereocenters. The van der Waals surface area contributed by atoms with Gasteiger partial charge in [0.05, 0.1) is 18.0 Å². The maximum absolute atomic E-state index is 13.3. The van der Waals surface area contributed by atoms with Crippen LogP contribution in [0.15, 0.2) is 59.5 Å². The summed E-state index contributed by atoms with van der Waals surface area (Å²) < 4.78 is 7.08. The molecular weight excluding hydrogens is 416 g/mol. The van der Waals surface area contributed by atoms with Gasteiger partial charge < -0.3 is 15.0 Å². The lowest BCUT2D eigenvalue weighted by molar-refractivity contribution is 0.0802. The highest BCUT2D eigenvalue weighted by Gasteiger charge is 2.17. The van der Waals surface area contributed by atoms with Crippen molar-refractivity contribution in [1.82, 2.24) is 14.7 Å². The molecule has 31 heavy (non-hydrogen) atoms. The minimum absolute atomic E-state index is 0.0990. The van der Waals surface area contributed by atoms with Crippen LogP contribution in [0, 0.1) is 0 Å². The lowest BCUT2D eigenvalue weighted by atomic mass is 10.1. The van der Waals surface area contributed by atoms with Gasteiger partial charge in [-0.25, -0.2) is 0 Å². The quantitative estimate of drug-likeness (QED) is 0.585. The molecule has 7 nitrogen and oxygen atoms in total. The minimum Gasteiger partial charge on any atom is -0.487 e. The Bertz CT molecular complexity index is 1130. The Morgan fingerprint density at radius 2 is 1.94 bits per heavy atom. The summed E-state index contributed by atoms with van der Waals surface area (Å²) in [6, 6.07) is 13.8. The maximum Gasteiger partial charge on any atom is 0.299 e. The van der Waals surface area contributed by atoms with Gasteiger partial charge in [0.25, 0.3) is 11.5 Å². The van der Waals surface area contributed by atoms with Crippen molar-refractivity contribution in [1.29, 1.82) is 0 Å². The Morgan fingerprint density at radius 1 is 1.23 bits per heavy atom. The van der Waals surface area contributed by atoms with Gasteiger partial charge in [-0.1, -0.05) is 17.7 Å². The van der Waals surface area contributed by atoms with Crippen LogP contribution in [-0.2, 0) is 0 Å². The molecule has 3 aromatic rings. The van der Waals surface area contributed by atoms with Gasteiger partial charge in [-0.3, -0.25) is 9.59 Å². The largest absolute Gasteiger partial charge is 0.487 e. The van der Waals surface area contributed by atoms with Crippen molar-refractivity contribution in [2.75, 3.05) is 18.9 Å². The van der Waals surface area contributed by atoms with E-state index >= 15 is 0 Å². The van der Waals surface area contributed by atoms with E-state index < -0.39 is 0 Å². The fourth-order valence-electron chi connectivity index (χ4n) is 2.90. The summed E-state index contributed by atoms with van der Waals surface area (Å²) >= 11 is 5.96. The predicted octanol–water partition coefficient (Wildman–Crippen LogP) is 4.51. The van der Waals surface area contributed by atoms with E-state index in [1.165, 1.54) is 10.9 Å². The van der Waals surface area contributed by atoms with Crippen LogP contribution in [0.2, 0.25) is 5.02 Å². The van der Waals surface area contributed by atoms with Gasteiger partial charge in [0.2, 0.25) is 0 Å². The first-order valence-corrected chi connectivity index (χ1v) is 10.4. The highest BCUT2D eigenvalue weighted by atomic mass is 35.5. The normalized spacial score (nSPS) is 10.8. The van der Waals surface area contributed by atoms with Crippen molar-refractivity contribution in [3.63, 3.8) is 0 Å². The number of hydrogen-bond acceptors (Lipinski definition) is 5. The van der Waals surface area contributed by atoms with Gasteiger partial charge in [-0.2, -0.15) is 9.78 Å². The number of anilines is 2. The molecule has 162 valence electrons. The fraction of sp³-hybridized carbons (Fsp3) is 0.261. The number of benzene rings is 2. The van der Waals surface area contributed by atoms with Crippen LogP contribution in [0.1, 0.15) is 31.1 Å². The van der Waals surface area contributed by atoms with Crippen LogP contribution in [0.25, 0.3) is 5.69 Å². The summed E-state index contributed by atoms with van der Waals surface area (Å²) in [5.41, 5.74) is 1.53. The Balaban J connectivity index is 2.04. The first-order valence-electron chi connectivity index (χ1n) is 9.97. The van der Waals surface area contributed by atoms with Crippen molar-refractivity contribution >= 4 is 28.9 Å². The second-order valence-corrected chi connectivity index (χ2v) is 7.71. The molecule has 3 rings (SSSR count). The number of rotatable bonds is 7. The van der Waals surface area contributed by atoms with Gasteiger partial charge in [-0.15, -0.1) is 0 Å². The van der Waals surface area contributed by atoms with E-state index in [9.17, 15) is 9.59 Å². The van der Waals surface area contributed by atoms with Crippen LogP contribution in [0.4, 0.5) is 11.4 Å². The van der Waals surface area contributed by atoms with Crippen molar-refractivity contribution < 1.29 is 9.53 Å². The van der Waals surface area contributed by atoms with Crippen LogP contribution < -0.4 is 15.6 Å². The number of ether oxygens (including phenoxy) is 1. The van der Waals surface area contributed by atoms with Gasteiger partial charge in [0, 0.05) is 29.9 Å². The summed E-state index contributed by atoms with van der Waals surface area (Å²) in [6.07, 6.45) is 1.34. The molecule has 0 spiro atoms. The Kier molecular flexibility index (Phi) is 6.97. The van der Waals surface area contributed by atoms with Crippen LogP contribution in [0.5, 0.6) is 5.75 Å². The molecule has 1 aromatic heterocycles. The third-order valence-corrected chi connectivity index (χ3v) is 4.83. The Labute approximate surface area is 186 Å². The van der Waals surface area contributed by atoms with E-state index in [-0.39, 0.29) is 23.3 Å². The standard InChI is InChI=1S/C23H25ClN4O3/c1-5-27(4)22(29)16-7-6-8-18(13-16)26-21-20(31-15(2)3)14-25-28(23(21)30)19-11-9-17(24)10-12-19/h6-15,26H,5H2,1-4H3. The summed E-state index contributed by atoms with van der Waals surface area (Å²) in [4.78, 5) is 27.4. The molecule has 0 saturated heterocycles. The summed E-state index contributed by atoms with van der Waals surface area (Å²) in [5, 5.41) is 7.94. The van der Waals surface area contributed by atoms with E-state index in [2.05, 4.69) is 10.4 Å². The molecule has 8 heteroatoms. The zero-order valence-corrected chi connectivity index (χ0v) is 18.7. The van der Waals surface area contributed by atoms with E-state index in [4.69, 9.17) is 16.3 Å². The van der Waals surface area contributed by atoms with Gasteiger partial charge in [-0.05, 0) is 63.2 Å². The van der Waals surface area contributed by atoms with Crippen molar-refractivity contribution in [2.45, 2.75) is 26.9 Å². The minimum atomic E-state index is -0.386. The molecule has 1 heterocycles. The summed E-state index contributed by atoms with van der Waals surface area (Å²) in [6.45, 7) is 6.24. The molecule has 0 fully saturated rings. The van der Waals surface area contributed by atoms with E-state index in [0.717, 1.165) is 0 Å². The van der Waals surface area contributed by atoms with Gasteiger partial charge >= 0.3 is 0 Å². The molecule has 0 saturated carbocycles. The topological polar surface area (TPSA) is 76.5 Å². The molecule has 0 aliphatic heterocycles. The van der Waals surface area contributed by atoms with Crippen LogP contribution in [-0.4, -0.2) is 40.3 Å². The molecule has 2 aromatic carbocycles. The SMILES string of the molecule is CCN(C)C(=O)c1cccc(Nc2c(OC(C)C)cnn(-c3ccc(Cl)cc3)c2=O)c1. The molecule has 0 bridgehead atoms. The zero-order chi connectivity index (χ0) is 22.5. The average Bonchev–Trinajstić information content (AvgIpc) is 2.76. The molecule has 0 aliphatic rings. The third-order valence-electron chi connectivity index (χ3n) is 4.58. The Hall–Kier alpha value is -3.32. The number of carbonyl (C=O) groups excluding carboxylic acids is 1. The molecule has 1 N–H and O–H groups in total. The predicted molar refractivity (Wildman–Crippen MR) is 123 cm³/mol. The van der Waals surface area contributed by atoms with Crippen molar-refractivity contribution in [3.05, 3.63) is 75.7 Å². The molecule has 0 radical (unpaired) electrons. The number of hydrogen-bond donors (Lipinski definition) is 1. The average molecular weight is 441 g/mol. The van der Waals surface area contributed by atoms with E-state index in [1.54, 1.807) is 60.5 Å². The lowest BCUT2D eigenvalue weighted by Crippen LogP contribution is -2.26. The molecule has 0 unspecified atom stereocenters. The second-order valence-electron chi connectivity index (χ2n) is 7.27. The van der Waals surface area contributed by atoms with Crippen LogP contribution in [0.3, 0.4) is 0 Å². The molecular formula is C23H25ClN4O3.